The van der Waals surface area contributed by atoms with Crippen LogP contribution in [0.25, 0.3) is 0 Å². The minimum Gasteiger partial charge on any atom is -0.290 e. The Morgan fingerprint density at radius 1 is 1.75 bits per heavy atom. The number of nitrogens with one attached hydrogen (secondary N) is 2. The van der Waals surface area contributed by atoms with E-state index < -0.39 is 0 Å². The number of hydroxylamine groups is 1. The molecule has 12 heavy (non-hydrogen) atoms. The van der Waals surface area contributed by atoms with Crippen molar-refractivity contribution in [3.63, 3.8) is 0 Å². The van der Waals surface area contributed by atoms with Gasteiger partial charge in [-0.1, -0.05) is 6.92 Å². The number of aryl methyl sites for hydroxylation is 1. The Kier molecular flexibility index (Phi) is 2.76. The Morgan fingerprint density at radius 2 is 2.50 bits per heavy atom. The van der Waals surface area contributed by atoms with Crippen LogP contribution in [0.5, 0.6) is 0 Å². The van der Waals surface area contributed by atoms with Crippen molar-refractivity contribution in [1.82, 2.24) is 10.5 Å². The van der Waals surface area contributed by atoms with E-state index in [4.69, 9.17) is 10.6 Å². The van der Waals surface area contributed by atoms with Crippen LogP contribution in [0.3, 0.4) is 0 Å². The fraction of sp³-hybridized carbons (Fsp3) is 0.250. The highest BCUT2D eigenvalue weighted by molar-refractivity contribution is 5.96. The third-order valence-corrected chi connectivity index (χ3v) is 1.61. The van der Waals surface area contributed by atoms with Crippen LogP contribution in [-0.2, 0) is 6.42 Å². The van der Waals surface area contributed by atoms with Crippen LogP contribution in [0.1, 0.15) is 18.2 Å². The third kappa shape index (κ3) is 1.60. The number of pyridine rings is 1. The molecule has 1 aromatic rings. The SMILES string of the molecule is CCc1ncccc1C(=N)NO. The maximum absolute atomic E-state index is 8.51. The molecule has 0 fully saturated rings. The van der Waals surface area contributed by atoms with E-state index in [0.29, 0.717) is 5.56 Å². The highest BCUT2D eigenvalue weighted by Gasteiger charge is 2.04. The summed E-state index contributed by atoms with van der Waals surface area (Å²) in [5.74, 6) is -0.0139. The molecule has 4 nitrogen and oxygen atoms in total. The zero-order chi connectivity index (χ0) is 8.97. The van der Waals surface area contributed by atoms with Crippen LogP contribution in [0.15, 0.2) is 18.3 Å². The second kappa shape index (κ2) is 3.82. The summed E-state index contributed by atoms with van der Waals surface area (Å²) in [5, 5.41) is 15.8. The average Bonchev–Trinajstić information content (AvgIpc) is 2.16. The molecule has 3 N–H and O–H groups in total. The molecule has 0 unspecified atom stereocenters. The van der Waals surface area contributed by atoms with Gasteiger partial charge in [0.2, 0.25) is 0 Å². The Bertz CT molecular complexity index is 285. The largest absolute Gasteiger partial charge is 0.290 e. The van der Waals surface area contributed by atoms with Crippen LogP contribution >= 0.6 is 0 Å². The second-order valence-electron chi connectivity index (χ2n) is 2.34. The molecule has 0 aliphatic rings. The van der Waals surface area contributed by atoms with Crippen molar-refractivity contribution in [3.05, 3.63) is 29.6 Å². The Hall–Kier alpha value is -1.42. The highest BCUT2D eigenvalue weighted by Crippen LogP contribution is 2.04. The van der Waals surface area contributed by atoms with Crippen LogP contribution in [0.4, 0.5) is 0 Å². The number of hydrogen-bond acceptors (Lipinski definition) is 3. The van der Waals surface area contributed by atoms with Crippen molar-refractivity contribution < 1.29 is 5.21 Å². The van der Waals surface area contributed by atoms with Crippen molar-refractivity contribution in [2.45, 2.75) is 13.3 Å². The summed E-state index contributed by atoms with van der Waals surface area (Å²) < 4.78 is 0. The first-order valence-corrected chi connectivity index (χ1v) is 3.72. The van der Waals surface area contributed by atoms with E-state index in [2.05, 4.69) is 4.98 Å². The minimum atomic E-state index is -0.0139. The molecule has 0 amide bonds. The standard InChI is InChI=1S/C8H11N3O/c1-2-7-6(8(9)11-12)4-3-5-10-7/h3-5,12H,2H2,1H3,(H2,9,11). The molecule has 0 bridgehead atoms. The van der Waals surface area contributed by atoms with Crippen LogP contribution < -0.4 is 5.48 Å². The molecule has 0 aliphatic carbocycles. The smallest absolute Gasteiger partial charge is 0.151 e. The van der Waals surface area contributed by atoms with E-state index >= 15 is 0 Å². The first-order chi connectivity index (χ1) is 5.79. The maximum atomic E-state index is 8.51. The Labute approximate surface area is 70.7 Å². The number of amidine groups is 1. The summed E-state index contributed by atoms with van der Waals surface area (Å²) >= 11 is 0. The third-order valence-electron chi connectivity index (χ3n) is 1.61. The van der Waals surface area contributed by atoms with Gasteiger partial charge in [-0.3, -0.25) is 21.1 Å². The zero-order valence-electron chi connectivity index (χ0n) is 6.83. The van der Waals surface area contributed by atoms with Gasteiger partial charge in [-0.05, 0) is 18.6 Å². The molecule has 4 heteroatoms. The average molecular weight is 165 g/mol. The van der Waals surface area contributed by atoms with Gasteiger partial charge in [-0.25, -0.2) is 0 Å². The fourth-order valence-electron chi connectivity index (χ4n) is 1.01. The molecular formula is C8H11N3O. The van der Waals surface area contributed by atoms with Gasteiger partial charge in [0.15, 0.2) is 5.84 Å². The number of aromatic nitrogens is 1. The predicted octanol–water partition coefficient (Wildman–Crippen LogP) is 0.948. The van der Waals surface area contributed by atoms with Crippen molar-refractivity contribution in [2.24, 2.45) is 0 Å². The normalized spacial score (nSPS) is 9.50. The fourth-order valence-corrected chi connectivity index (χ4v) is 1.01. The lowest BCUT2D eigenvalue weighted by molar-refractivity contribution is 0.234. The van der Waals surface area contributed by atoms with Gasteiger partial charge in [-0.15, -0.1) is 0 Å². The molecule has 1 rings (SSSR count). The lowest BCUT2D eigenvalue weighted by atomic mass is 10.1. The van der Waals surface area contributed by atoms with Crippen molar-refractivity contribution in [1.29, 1.82) is 5.41 Å². The van der Waals surface area contributed by atoms with Gasteiger partial charge in [0.05, 0.1) is 5.69 Å². The first-order valence-electron chi connectivity index (χ1n) is 3.72. The summed E-state index contributed by atoms with van der Waals surface area (Å²) in [6.07, 6.45) is 2.42. The molecule has 1 heterocycles. The lowest BCUT2D eigenvalue weighted by Gasteiger charge is -2.05. The molecule has 0 aliphatic heterocycles. The summed E-state index contributed by atoms with van der Waals surface area (Å²) in [6.45, 7) is 1.95. The topological polar surface area (TPSA) is 69.0 Å². The minimum absolute atomic E-state index is 0.0139. The van der Waals surface area contributed by atoms with Crippen molar-refractivity contribution >= 4 is 5.84 Å². The zero-order valence-corrected chi connectivity index (χ0v) is 6.83. The van der Waals surface area contributed by atoms with Gasteiger partial charge < -0.3 is 0 Å². The molecule has 64 valence electrons. The Balaban J connectivity index is 3.04. The summed E-state index contributed by atoms with van der Waals surface area (Å²) in [4.78, 5) is 4.07. The van der Waals surface area contributed by atoms with E-state index in [1.807, 2.05) is 6.92 Å². The van der Waals surface area contributed by atoms with E-state index in [0.717, 1.165) is 12.1 Å². The van der Waals surface area contributed by atoms with E-state index in [9.17, 15) is 0 Å². The lowest BCUT2D eigenvalue weighted by Crippen LogP contribution is -2.20. The molecule has 0 radical (unpaired) electrons. The quantitative estimate of drug-likeness (QED) is 0.347. The molecular weight excluding hydrogens is 154 g/mol. The van der Waals surface area contributed by atoms with Crippen LogP contribution in [0.2, 0.25) is 0 Å². The van der Waals surface area contributed by atoms with E-state index in [1.54, 1.807) is 23.8 Å². The molecule has 0 spiro atoms. The van der Waals surface area contributed by atoms with Crippen molar-refractivity contribution in [3.8, 4) is 0 Å². The molecule has 0 atom stereocenters. The van der Waals surface area contributed by atoms with Gasteiger partial charge in [-0.2, -0.15) is 0 Å². The van der Waals surface area contributed by atoms with Gasteiger partial charge in [0.1, 0.15) is 0 Å². The van der Waals surface area contributed by atoms with Crippen LogP contribution in [-0.4, -0.2) is 16.0 Å². The number of hydrogen-bond donors (Lipinski definition) is 3. The molecule has 0 aromatic carbocycles. The predicted molar refractivity (Wildman–Crippen MR) is 45.4 cm³/mol. The number of rotatable bonds is 2. The summed E-state index contributed by atoms with van der Waals surface area (Å²) in [6, 6.07) is 3.48. The second-order valence-corrected chi connectivity index (χ2v) is 2.34. The first kappa shape index (κ1) is 8.67. The van der Waals surface area contributed by atoms with Gasteiger partial charge in [0, 0.05) is 11.8 Å². The highest BCUT2D eigenvalue weighted by atomic mass is 16.5. The van der Waals surface area contributed by atoms with E-state index in [1.165, 1.54) is 0 Å². The van der Waals surface area contributed by atoms with Gasteiger partial charge in [0.25, 0.3) is 0 Å². The van der Waals surface area contributed by atoms with Crippen molar-refractivity contribution in [2.75, 3.05) is 0 Å². The molecule has 0 saturated carbocycles. The van der Waals surface area contributed by atoms with E-state index in [-0.39, 0.29) is 5.84 Å². The monoisotopic (exact) mass is 165 g/mol. The molecule has 0 saturated heterocycles. The van der Waals surface area contributed by atoms with Crippen LogP contribution in [0, 0.1) is 5.41 Å². The summed E-state index contributed by atoms with van der Waals surface area (Å²) in [7, 11) is 0. The molecule has 1 aromatic heterocycles. The number of nitrogens with zero attached hydrogens (tertiary/aromatic N) is 1. The maximum Gasteiger partial charge on any atom is 0.151 e. The summed E-state index contributed by atoms with van der Waals surface area (Å²) in [5.41, 5.74) is 3.25. The Morgan fingerprint density at radius 3 is 3.08 bits per heavy atom. The van der Waals surface area contributed by atoms with Gasteiger partial charge >= 0.3 is 0 Å².